The van der Waals surface area contributed by atoms with Crippen LogP contribution in [0, 0.1) is 13.8 Å². The fourth-order valence-corrected chi connectivity index (χ4v) is 1.55. The van der Waals surface area contributed by atoms with E-state index in [-0.39, 0.29) is 12.5 Å². The first-order chi connectivity index (χ1) is 7.00. The number of carboxylic acid groups (broad SMARTS) is 1. The summed E-state index contributed by atoms with van der Waals surface area (Å²) in [5, 5.41) is 15.5. The smallest absolute Gasteiger partial charge is 0.303 e. The molecule has 0 amide bonds. The number of nitrogens with two attached hydrogens (primary N) is 1. The highest BCUT2D eigenvalue weighted by molar-refractivity contribution is 5.66. The van der Waals surface area contributed by atoms with Gasteiger partial charge in [0, 0.05) is 18.2 Å². The molecule has 1 aromatic rings. The molecular weight excluding hydrogens is 194 g/mol. The van der Waals surface area contributed by atoms with E-state index in [2.05, 4.69) is 10.2 Å². The maximum absolute atomic E-state index is 10.4. The van der Waals surface area contributed by atoms with Crippen molar-refractivity contribution >= 4 is 5.97 Å². The molecule has 15 heavy (non-hydrogen) atoms. The van der Waals surface area contributed by atoms with Gasteiger partial charge in [-0.1, -0.05) is 0 Å². The predicted molar refractivity (Wildman–Crippen MR) is 56.6 cm³/mol. The highest BCUT2D eigenvalue weighted by atomic mass is 16.4. The Morgan fingerprint density at radius 1 is 1.60 bits per heavy atom. The third kappa shape index (κ3) is 3.36. The first-order valence-electron chi connectivity index (χ1n) is 4.98. The van der Waals surface area contributed by atoms with Gasteiger partial charge in [0.1, 0.15) is 0 Å². The fourth-order valence-electron chi connectivity index (χ4n) is 1.55. The van der Waals surface area contributed by atoms with Crippen LogP contribution in [0.25, 0.3) is 0 Å². The molecule has 0 saturated carbocycles. The van der Waals surface area contributed by atoms with Crippen LogP contribution in [0.4, 0.5) is 0 Å². The Bertz CT molecular complexity index is 327. The summed E-state index contributed by atoms with van der Waals surface area (Å²) in [6.07, 6.45) is 1.30. The molecule has 1 atom stereocenters. The maximum Gasteiger partial charge on any atom is 0.303 e. The van der Waals surface area contributed by atoms with Crippen molar-refractivity contribution in [1.29, 1.82) is 0 Å². The quantitative estimate of drug-likeness (QED) is 0.670. The lowest BCUT2D eigenvalue weighted by Crippen LogP contribution is -2.24. The Balaban J connectivity index is 2.51. The summed E-state index contributed by atoms with van der Waals surface area (Å²) < 4.78 is 0. The lowest BCUT2D eigenvalue weighted by atomic mass is 10.0. The molecule has 0 aliphatic heterocycles. The Morgan fingerprint density at radius 2 is 2.27 bits per heavy atom. The normalized spacial score (nSPS) is 12.7. The van der Waals surface area contributed by atoms with E-state index in [1.54, 1.807) is 0 Å². The van der Waals surface area contributed by atoms with Crippen LogP contribution in [0.2, 0.25) is 0 Å². The van der Waals surface area contributed by atoms with Gasteiger partial charge in [0.25, 0.3) is 0 Å². The number of nitrogens with one attached hydrogen (secondary N) is 1. The van der Waals surface area contributed by atoms with Gasteiger partial charge in [0.05, 0.1) is 5.69 Å². The number of aliphatic carboxylic acids is 1. The molecule has 5 heteroatoms. The van der Waals surface area contributed by atoms with Gasteiger partial charge in [-0.25, -0.2) is 0 Å². The number of nitrogens with zero attached hydrogens (tertiary/aromatic N) is 1. The van der Waals surface area contributed by atoms with E-state index < -0.39 is 5.97 Å². The largest absolute Gasteiger partial charge is 0.481 e. The van der Waals surface area contributed by atoms with Crippen LogP contribution >= 0.6 is 0 Å². The van der Waals surface area contributed by atoms with Crippen molar-refractivity contribution in [2.75, 3.05) is 0 Å². The van der Waals surface area contributed by atoms with E-state index >= 15 is 0 Å². The van der Waals surface area contributed by atoms with Crippen LogP contribution in [0.3, 0.4) is 0 Å². The Hall–Kier alpha value is -1.36. The average Bonchev–Trinajstić information content (AvgIpc) is 2.46. The second-order valence-corrected chi connectivity index (χ2v) is 3.81. The van der Waals surface area contributed by atoms with Gasteiger partial charge in [-0.2, -0.15) is 5.10 Å². The molecule has 0 bridgehead atoms. The lowest BCUT2D eigenvalue weighted by Gasteiger charge is -2.09. The van der Waals surface area contributed by atoms with E-state index in [0.29, 0.717) is 12.8 Å². The maximum atomic E-state index is 10.4. The van der Waals surface area contributed by atoms with Gasteiger partial charge in [-0.3, -0.25) is 9.89 Å². The van der Waals surface area contributed by atoms with Crippen LogP contribution in [-0.2, 0) is 11.2 Å². The molecule has 0 fully saturated rings. The van der Waals surface area contributed by atoms with Gasteiger partial charge in [-0.05, 0) is 32.3 Å². The van der Waals surface area contributed by atoms with E-state index in [1.165, 1.54) is 0 Å². The molecule has 0 radical (unpaired) electrons. The van der Waals surface area contributed by atoms with Crippen molar-refractivity contribution in [2.45, 2.75) is 39.2 Å². The van der Waals surface area contributed by atoms with Gasteiger partial charge in [-0.15, -0.1) is 0 Å². The van der Waals surface area contributed by atoms with Crippen molar-refractivity contribution in [3.63, 3.8) is 0 Å². The molecule has 0 aliphatic rings. The average molecular weight is 211 g/mol. The standard InChI is InChI=1S/C10H17N3O2/c1-6-9(7(2)13-12-6)5-8(11)3-4-10(14)15/h8H,3-5,11H2,1-2H3,(H,12,13)(H,14,15). The van der Waals surface area contributed by atoms with Crippen molar-refractivity contribution in [3.05, 3.63) is 17.0 Å². The van der Waals surface area contributed by atoms with Gasteiger partial charge in [0.2, 0.25) is 0 Å². The molecule has 84 valence electrons. The Labute approximate surface area is 88.7 Å². The molecule has 1 rings (SSSR count). The number of rotatable bonds is 5. The minimum Gasteiger partial charge on any atom is -0.481 e. The molecule has 1 aromatic heterocycles. The highest BCUT2D eigenvalue weighted by Gasteiger charge is 2.12. The van der Waals surface area contributed by atoms with Crippen molar-refractivity contribution in [1.82, 2.24) is 10.2 Å². The van der Waals surface area contributed by atoms with Gasteiger partial charge >= 0.3 is 5.97 Å². The number of aromatic nitrogens is 2. The fraction of sp³-hybridized carbons (Fsp3) is 0.600. The number of aryl methyl sites for hydroxylation is 2. The number of carboxylic acids is 1. The minimum atomic E-state index is -0.800. The first kappa shape index (κ1) is 11.7. The second kappa shape index (κ2) is 4.93. The SMILES string of the molecule is Cc1n[nH]c(C)c1CC(N)CCC(=O)O. The van der Waals surface area contributed by atoms with Crippen LogP contribution in [0.5, 0.6) is 0 Å². The number of hydrogen-bond donors (Lipinski definition) is 3. The van der Waals surface area contributed by atoms with Gasteiger partial charge < -0.3 is 10.8 Å². The second-order valence-electron chi connectivity index (χ2n) is 3.81. The number of hydrogen-bond acceptors (Lipinski definition) is 3. The van der Waals surface area contributed by atoms with Crippen molar-refractivity contribution in [2.24, 2.45) is 5.73 Å². The zero-order valence-corrected chi connectivity index (χ0v) is 9.08. The third-order valence-corrected chi connectivity index (χ3v) is 2.48. The summed E-state index contributed by atoms with van der Waals surface area (Å²) in [4.78, 5) is 10.4. The molecule has 0 saturated heterocycles. The third-order valence-electron chi connectivity index (χ3n) is 2.48. The summed E-state index contributed by atoms with van der Waals surface area (Å²) >= 11 is 0. The van der Waals surface area contributed by atoms with E-state index in [4.69, 9.17) is 10.8 Å². The minimum absolute atomic E-state index is 0.115. The Morgan fingerprint density at radius 3 is 2.73 bits per heavy atom. The summed E-state index contributed by atoms with van der Waals surface area (Å²) in [5.74, 6) is -0.800. The van der Waals surface area contributed by atoms with Crippen molar-refractivity contribution < 1.29 is 9.90 Å². The van der Waals surface area contributed by atoms with Crippen LogP contribution < -0.4 is 5.73 Å². The number of carbonyl (C=O) groups is 1. The first-order valence-corrected chi connectivity index (χ1v) is 4.98. The summed E-state index contributed by atoms with van der Waals surface area (Å²) in [6, 6.07) is -0.115. The van der Waals surface area contributed by atoms with E-state index in [1.807, 2.05) is 13.8 Å². The highest BCUT2D eigenvalue weighted by Crippen LogP contribution is 2.12. The lowest BCUT2D eigenvalue weighted by molar-refractivity contribution is -0.137. The predicted octanol–water partition coefficient (Wildman–Crippen LogP) is 0.761. The van der Waals surface area contributed by atoms with Crippen LogP contribution in [0.15, 0.2) is 0 Å². The molecule has 1 heterocycles. The monoisotopic (exact) mass is 211 g/mol. The molecular formula is C10H17N3O2. The number of aromatic amines is 1. The molecule has 4 N–H and O–H groups in total. The zero-order valence-electron chi connectivity index (χ0n) is 9.08. The molecule has 0 spiro atoms. The molecule has 5 nitrogen and oxygen atoms in total. The van der Waals surface area contributed by atoms with Gasteiger partial charge in [0.15, 0.2) is 0 Å². The molecule has 0 aliphatic carbocycles. The topological polar surface area (TPSA) is 92.0 Å². The zero-order chi connectivity index (χ0) is 11.4. The van der Waals surface area contributed by atoms with Crippen LogP contribution in [-0.4, -0.2) is 27.3 Å². The Kier molecular flexibility index (Phi) is 3.85. The van der Waals surface area contributed by atoms with Crippen molar-refractivity contribution in [3.8, 4) is 0 Å². The van der Waals surface area contributed by atoms with E-state index in [0.717, 1.165) is 17.0 Å². The van der Waals surface area contributed by atoms with Crippen LogP contribution in [0.1, 0.15) is 29.8 Å². The summed E-state index contributed by atoms with van der Waals surface area (Å²) in [7, 11) is 0. The summed E-state index contributed by atoms with van der Waals surface area (Å²) in [5.41, 5.74) is 8.91. The molecule has 1 unspecified atom stereocenters. The number of H-pyrrole nitrogens is 1. The molecule has 0 aromatic carbocycles. The van der Waals surface area contributed by atoms with E-state index in [9.17, 15) is 4.79 Å². The summed E-state index contributed by atoms with van der Waals surface area (Å²) in [6.45, 7) is 3.86.